The van der Waals surface area contributed by atoms with Crippen LogP contribution in [0.15, 0.2) is 42.5 Å². The average Bonchev–Trinajstić information content (AvgIpc) is 2.89. The third-order valence-corrected chi connectivity index (χ3v) is 4.11. The van der Waals surface area contributed by atoms with Crippen LogP contribution in [-0.4, -0.2) is 31.1 Å². The van der Waals surface area contributed by atoms with Crippen LogP contribution in [0.1, 0.15) is 6.42 Å². The number of nitrogens with zero attached hydrogens (tertiary/aromatic N) is 1. The van der Waals surface area contributed by atoms with Crippen molar-refractivity contribution in [1.82, 2.24) is 0 Å². The molecule has 0 aliphatic carbocycles. The molecular formula is C18H15FN2O4. The van der Waals surface area contributed by atoms with E-state index in [0.717, 1.165) is 4.90 Å². The number of rotatable bonds is 3. The van der Waals surface area contributed by atoms with E-state index < -0.39 is 11.9 Å². The highest BCUT2D eigenvalue weighted by Crippen LogP contribution is 2.33. The van der Waals surface area contributed by atoms with E-state index in [1.165, 1.54) is 24.3 Å². The van der Waals surface area contributed by atoms with E-state index in [2.05, 4.69) is 5.32 Å². The Labute approximate surface area is 143 Å². The van der Waals surface area contributed by atoms with Gasteiger partial charge in [0.25, 0.3) is 5.91 Å². The number of halogens is 1. The number of benzene rings is 2. The molecule has 1 atom stereocenters. The molecule has 128 valence electrons. The Bertz CT molecular complexity index is 837. The SMILES string of the molecule is O=C1C[C@@H](Nc2ccc3c(c2)OCCO3)C(=O)N1c1ccc(F)cc1. The Kier molecular flexibility index (Phi) is 3.76. The van der Waals surface area contributed by atoms with Gasteiger partial charge in [-0.25, -0.2) is 9.29 Å². The number of hydrogen-bond acceptors (Lipinski definition) is 5. The number of fused-ring (bicyclic) bond motifs is 1. The van der Waals surface area contributed by atoms with Gasteiger partial charge in [-0.2, -0.15) is 0 Å². The molecule has 2 aliphatic rings. The van der Waals surface area contributed by atoms with Crippen LogP contribution in [0.2, 0.25) is 0 Å². The summed E-state index contributed by atoms with van der Waals surface area (Å²) < 4.78 is 24.0. The largest absolute Gasteiger partial charge is 0.486 e. The molecule has 2 amide bonds. The molecule has 2 heterocycles. The summed E-state index contributed by atoms with van der Waals surface area (Å²) in [6.45, 7) is 0.970. The molecule has 0 bridgehead atoms. The predicted octanol–water partition coefficient (Wildman–Crippen LogP) is 2.34. The maximum absolute atomic E-state index is 13.0. The minimum absolute atomic E-state index is 0.0324. The van der Waals surface area contributed by atoms with Crippen molar-refractivity contribution in [2.45, 2.75) is 12.5 Å². The Hall–Kier alpha value is -3.09. The number of imide groups is 1. The van der Waals surface area contributed by atoms with Gasteiger partial charge in [0.2, 0.25) is 5.91 Å². The quantitative estimate of drug-likeness (QED) is 0.867. The van der Waals surface area contributed by atoms with E-state index in [0.29, 0.717) is 36.1 Å². The predicted molar refractivity (Wildman–Crippen MR) is 88.4 cm³/mol. The lowest BCUT2D eigenvalue weighted by Crippen LogP contribution is -2.34. The highest BCUT2D eigenvalue weighted by Gasteiger charge is 2.39. The standard InChI is InChI=1S/C18H15FN2O4/c19-11-1-4-13(5-2-11)21-17(22)10-14(18(21)23)20-12-3-6-15-16(9-12)25-8-7-24-15/h1-6,9,14,20H,7-8,10H2/t14-/m1/s1. The molecular weight excluding hydrogens is 327 g/mol. The molecule has 25 heavy (non-hydrogen) atoms. The van der Waals surface area contributed by atoms with Gasteiger partial charge in [0, 0.05) is 11.8 Å². The number of carbonyl (C=O) groups excluding carboxylic acids is 2. The van der Waals surface area contributed by atoms with E-state index in [1.54, 1.807) is 18.2 Å². The number of ether oxygens (including phenoxy) is 2. The summed E-state index contributed by atoms with van der Waals surface area (Å²) in [6.07, 6.45) is 0.0324. The summed E-state index contributed by atoms with van der Waals surface area (Å²) in [5.41, 5.74) is 1.03. The third-order valence-electron chi connectivity index (χ3n) is 4.11. The van der Waals surface area contributed by atoms with E-state index in [4.69, 9.17) is 9.47 Å². The fourth-order valence-electron chi connectivity index (χ4n) is 2.94. The lowest BCUT2D eigenvalue weighted by atomic mass is 10.2. The fourth-order valence-corrected chi connectivity index (χ4v) is 2.94. The molecule has 7 heteroatoms. The molecule has 4 rings (SSSR count). The highest BCUT2D eigenvalue weighted by atomic mass is 19.1. The number of hydrogen-bond donors (Lipinski definition) is 1. The fraction of sp³-hybridized carbons (Fsp3) is 0.222. The summed E-state index contributed by atoms with van der Waals surface area (Å²) in [4.78, 5) is 25.9. The third kappa shape index (κ3) is 2.88. The lowest BCUT2D eigenvalue weighted by molar-refractivity contribution is -0.121. The second-order valence-electron chi connectivity index (χ2n) is 5.80. The summed E-state index contributed by atoms with van der Waals surface area (Å²) in [5.74, 6) is 0.133. The first-order valence-electron chi connectivity index (χ1n) is 7.90. The van der Waals surface area contributed by atoms with Crippen LogP contribution in [-0.2, 0) is 9.59 Å². The molecule has 2 aromatic rings. The minimum atomic E-state index is -0.680. The zero-order valence-corrected chi connectivity index (χ0v) is 13.2. The first-order chi connectivity index (χ1) is 12.1. The zero-order chi connectivity index (χ0) is 17.4. The van der Waals surface area contributed by atoms with Crippen molar-refractivity contribution in [2.75, 3.05) is 23.4 Å². The summed E-state index contributed by atoms with van der Waals surface area (Å²) in [6, 6.07) is 9.86. The van der Waals surface area contributed by atoms with Crippen molar-refractivity contribution in [3.8, 4) is 11.5 Å². The van der Waals surface area contributed by atoms with Crippen LogP contribution < -0.4 is 19.7 Å². The molecule has 1 N–H and O–H groups in total. The molecule has 1 fully saturated rings. The normalized spacial score (nSPS) is 19.2. The van der Waals surface area contributed by atoms with Crippen LogP contribution in [0.3, 0.4) is 0 Å². The van der Waals surface area contributed by atoms with Crippen LogP contribution in [0.4, 0.5) is 15.8 Å². The van der Waals surface area contributed by atoms with Gasteiger partial charge in [-0.3, -0.25) is 9.59 Å². The van der Waals surface area contributed by atoms with E-state index in [-0.39, 0.29) is 18.2 Å². The second-order valence-corrected chi connectivity index (χ2v) is 5.80. The van der Waals surface area contributed by atoms with E-state index in [9.17, 15) is 14.0 Å². The summed E-state index contributed by atoms with van der Waals surface area (Å²) in [7, 11) is 0. The van der Waals surface area contributed by atoms with Crippen LogP contribution >= 0.6 is 0 Å². The molecule has 0 spiro atoms. The molecule has 2 aliphatic heterocycles. The monoisotopic (exact) mass is 342 g/mol. The number of anilines is 2. The van der Waals surface area contributed by atoms with Crippen molar-refractivity contribution < 1.29 is 23.5 Å². The van der Waals surface area contributed by atoms with Crippen molar-refractivity contribution in [1.29, 1.82) is 0 Å². The Balaban J connectivity index is 1.53. The number of nitrogens with one attached hydrogen (secondary N) is 1. The van der Waals surface area contributed by atoms with Crippen LogP contribution in [0.5, 0.6) is 11.5 Å². The smallest absolute Gasteiger partial charge is 0.256 e. The second kappa shape index (κ2) is 6.08. The van der Waals surface area contributed by atoms with Crippen LogP contribution in [0, 0.1) is 5.82 Å². The molecule has 1 saturated heterocycles. The highest BCUT2D eigenvalue weighted by molar-refractivity contribution is 6.23. The molecule has 0 saturated carbocycles. The topological polar surface area (TPSA) is 67.9 Å². The van der Waals surface area contributed by atoms with Crippen molar-refractivity contribution in [3.63, 3.8) is 0 Å². The van der Waals surface area contributed by atoms with Crippen molar-refractivity contribution in [3.05, 3.63) is 48.3 Å². The Morgan fingerprint density at radius 3 is 2.48 bits per heavy atom. The van der Waals surface area contributed by atoms with Gasteiger partial charge in [0.1, 0.15) is 25.1 Å². The average molecular weight is 342 g/mol. The van der Waals surface area contributed by atoms with Gasteiger partial charge in [0.05, 0.1) is 12.1 Å². The van der Waals surface area contributed by atoms with Crippen LogP contribution in [0.25, 0.3) is 0 Å². The van der Waals surface area contributed by atoms with Crippen molar-refractivity contribution >= 4 is 23.2 Å². The summed E-state index contributed by atoms with van der Waals surface area (Å²) >= 11 is 0. The first kappa shape index (κ1) is 15.4. The molecule has 2 aromatic carbocycles. The van der Waals surface area contributed by atoms with Crippen molar-refractivity contribution in [2.24, 2.45) is 0 Å². The maximum atomic E-state index is 13.0. The lowest BCUT2D eigenvalue weighted by Gasteiger charge is -2.20. The first-order valence-corrected chi connectivity index (χ1v) is 7.90. The van der Waals surface area contributed by atoms with Gasteiger partial charge in [-0.15, -0.1) is 0 Å². The van der Waals surface area contributed by atoms with Gasteiger partial charge in [-0.05, 0) is 36.4 Å². The summed E-state index contributed by atoms with van der Waals surface area (Å²) in [5, 5.41) is 3.06. The molecule has 6 nitrogen and oxygen atoms in total. The Morgan fingerprint density at radius 1 is 1.00 bits per heavy atom. The van der Waals surface area contributed by atoms with E-state index in [1.807, 2.05) is 0 Å². The van der Waals surface area contributed by atoms with E-state index >= 15 is 0 Å². The number of amides is 2. The van der Waals surface area contributed by atoms with Gasteiger partial charge >= 0.3 is 0 Å². The molecule has 0 unspecified atom stereocenters. The molecule has 0 radical (unpaired) electrons. The maximum Gasteiger partial charge on any atom is 0.256 e. The van der Waals surface area contributed by atoms with Gasteiger partial charge in [-0.1, -0.05) is 0 Å². The number of carbonyl (C=O) groups is 2. The molecule has 0 aromatic heterocycles. The van der Waals surface area contributed by atoms with Gasteiger partial charge in [0.15, 0.2) is 11.5 Å². The zero-order valence-electron chi connectivity index (χ0n) is 13.2. The minimum Gasteiger partial charge on any atom is -0.486 e. The Morgan fingerprint density at radius 2 is 1.72 bits per heavy atom. The van der Waals surface area contributed by atoms with Gasteiger partial charge < -0.3 is 14.8 Å².